The summed E-state index contributed by atoms with van der Waals surface area (Å²) in [4.78, 5) is 13.8. The third-order valence-electron chi connectivity index (χ3n) is 3.63. The molecule has 1 aromatic rings. The number of nitrogens with zero attached hydrogens (tertiary/aromatic N) is 1. The summed E-state index contributed by atoms with van der Waals surface area (Å²) >= 11 is 0. The van der Waals surface area contributed by atoms with Crippen LogP contribution in [0.5, 0.6) is 5.75 Å². The zero-order valence-electron chi connectivity index (χ0n) is 9.90. The third-order valence-corrected chi connectivity index (χ3v) is 3.63. The number of rotatable bonds is 2. The minimum atomic E-state index is -0.336. The number of aliphatic hydroxyl groups excluding tert-OH is 1. The predicted octanol–water partition coefficient (Wildman–Crippen LogP) is 1.81. The number of amides is 1. The van der Waals surface area contributed by atoms with Crippen molar-refractivity contribution in [3.63, 3.8) is 0 Å². The highest BCUT2D eigenvalue weighted by Gasteiger charge is 2.45. The molecule has 3 rings (SSSR count). The molecule has 1 fully saturated rings. The fourth-order valence-electron chi connectivity index (χ4n) is 2.76. The number of benzene rings is 1. The van der Waals surface area contributed by atoms with Crippen molar-refractivity contribution < 1.29 is 14.6 Å². The van der Waals surface area contributed by atoms with E-state index in [4.69, 9.17) is 4.74 Å². The Morgan fingerprint density at radius 1 is 1.33 bits per heavy atom. The first-order valence-electron chi connectivity index (χ1n) is 6.14. The summed E-state index contributed by atoms with van der Waals surface area (Å²) in [5.41, 5.74) is 0. The molecule has 2 aliphatic rings. The summed E-state index contributed by atoms with van der Waals surface area (Å²) in [5, 5.41) is 9.26. The van der Waals surface area contributed by atoms with Crippen LogP contribution in [0.3, 0.4) is 0 Å². The van der Waals surface area contributed by atoms with Gasteiger partial charge in [-0.15, -0.1) is 0 Å². The minimum Gasteiger partial charge on any atom is -0.410 e. The van der Waals surface area contributed by atoms with Gasteiger partial charge in [-0.2, -0.15) is 0 Å². The van der Waals surface area contributed by atoms with Crippen molar-refractivity contribution in [2.24, 2.45) is 5.92 Å². The van der Waals surface area contributed by atoms with Crippen LogP contribution in [0.15, 0.2) is 42.5 Å². The average Bonchev–Trinajstić information content (AvgIpc) is 2.97. The van der Waals surface area contributed by atoms with Crippen LogP contribution < -0.4 is 4.74 Å². The monoisotopic (exact) mass is 245 g/mol. The topological polar surface area (TPSA) is 49.8 Å². The maximum Gasteiger partial charge on any atom is 0.416 e. The van der Waals surface area contributed by atoms with E-state index in [0.29, 0.717) is 5.75 Å². The van der Waals surface area contributed by atoms with Crippen molar-refractivity contribution in [3.05, 3.63) is 42.5 Å². The Morgan fingerprint density at radius 3 is 2.78 bits per heavy atom. The molecule has 1 aromatic carbocycles. The molecule has 4 heteroatoms. The summed E-state index contributed by atoms with van der Waals surface area (Å²) in [5.74, 6) is 0.692. The summed E-state index contributed by atoms with van der Waals surface area (Å²) in [6.45, 7) is 0.112. The number of aliphatic hydroxyl groups is 1. The van der Waals surface area contributed by atoms with E-state index in [2.05, 4.69) is 0 Å². The number of hydrogen-bond donors (Lipinski definition) is 1. The van der Waals surface area contributed by atoms with Crippen LogP contribution in [0.25, 0.3) is 0 Å². The van der Waals surface area contributed by atoms with Crippen LogP contribution in [0.4, 0.5) is 4.79 Å². The number of carbonyl (C=O) groups is 1. The molecule has 0 aromatic heterocycles. The van der Waals surface area contributed by atoms with Crippen molar-refractivity contribution in [3.8, 4) is 5.75 Å². The third kappa shape index (κ3) is 1.78. The fraction of sp³-hybridized carbons (Fsp3) is 0.357. The number of para-hydroxylation sites is 1. The molecule has 1 amide bonds. The molecule has 2 heterocycles. The van der Waals surface area contributed by atoms with Gasteiger partial charge in [-0.05, 0) is 18.6 Å². The summed E-state index contributed by atoms with van der Waals surface area (Å²) in [6.07, 6.45) is 4.49. The molecule has 0 radical (unpaired) electrons. The van der Waals surface area contributed by atoms with Crippen molar-refractivity contribution in [2.75, 3.05) is 6.61 Å². The van der Waals surface area contributed by atoms with Crippen molar-refractivity contribution in [1.82, 2.24) is 4.90 Å². The van der Waals surface area contributed by atoms with Gasteiger partial charge in [0.15, 0.2) is 0 Å². The van der Waals surface area contributed by atoms with E-state index in [1.54, 1.807) is 17.0 Å². The SMILES string of the molecule is O=C(Oc1ccccc1)N1[C@@H]2C=C[C@H]1[C@@H](CO)C2. The van der Waals surface area contributed by atoms with Gasteiger partial charge in [0.1, 0.15) is 5.75 Å². The highest BCUT2D eigenvalue weighted by Crippen LogP contribution is 2.37. The van der Waals surface area contributed by atoms with Crippen LogP contribution >= 0.6 is 0 Å². The maximum absolute atomic E-state index is 12.1. The van der Waals surface area contributed by atoms with Gasteiger partial charge in [-0.25, -0.2) is 4.79 Å². The van der Waals surface area contributed by atoms with E-state index in [0.717, 1.165) is 6.42 Å². The smallest absolute Gasteiger partial charge is 0.410 e. The van der Waals surface area contributed by atoms with E-state index >= 15 is 0 Å². The zero-order valence-corrected chi connectivity index (χ0v) is 9.90. The molecule has 1 saturated heterocycles. The molecular weight excluding hydrogens is 230 g/mol. The fourth-order valence-corrected chi connectivity index (χ4v) is 2.76. The van der Waals surface area contributed by atoms with Gasteiger partial charge in [-0.1, -0.05) is 30.4 Å². The Labute approximate surface area is 105 Å². The molecule has 2 aliphatic heterocycles. The molecule has 94 valence electrons. The Kier molecular flexibility index (Phi) is 2.80. The maximum atomic E-state index is 12.1. The van der Waals surface area contributed by atoms with Gasteiger partial charge < -0.3 is 9.84 Å². The van der Waals surface area contributed by atoms with E-state index in [9.17, 15) is 9.90 Å². The first-order valence-corrected chi connectivity index (χ1v) is 6.14. The quantitative estimate of drug-likeness (QED) is 0.808. The van der Waals surface area contributed by atoms with Gasteiger partial charge in [0.25, 0.3) is 0 Å². The van der Waals surface area contributed by atoms with Gasteiger partial charge in [0.2, 0.25) is 0 Å². The number of fused-ring (bicyclic) bond motifs is 2. The van der Waals surface area contributed by atoms with Crippen LogP contribution in [-0.4, -0.2) is 34.8 Å². The molecule has 0 unspecified atom stereocenters. The lowest BCUT2D eigenvalue weighted by Gasteiger charge is -2.22. The lowest BCUT2D eigenvalue weighted by Crippen LogP contribution is -2.39. The Bertz CT molecular complexity index is 471. The standard InChI is InChI=1S/C14H15NO3/c16-9-10-8-11-6-7-13(10)15(11)14(17)18-12-4-2-1-3-5-12/h1-7,10-11,13,16H,8-9H2/t10-,11-,13+/m1/s1. The van der Waals surface area contributed by atoms with Crippen molar-refractivity contribution in [1.29, 1.82) is 0 Å². The van der Waals surface area contributed by atoms with Gasteiger partial charge in [0, 0.05) is 12.5 Å². The Morgan fingerprint density at radius 2 is 2.11 bits per heavy atom. The van der Waals surface area contributed by atoms with E-state index < -0.39 is 0 Å². The molecule has 0 aliphatic carbocycles. The van der Waals surface area contributed by atoms with Gasteiger partial charge in [-0.3, -0.25) is 4.90 Å². The van der Waals surface area contributed by atoms with Crippen molar-refractivity contribution >= 4 is 6.09 Å². The van der Waals surface area contributed by atoms with Crippen molar-refractivity contribution in [2.45, 2.75) is 18.5 Å². The predicted molar refractivity (Wildman–Crippen MR) is 66.2 cm³/mol. The van der Waals surface area contributed by atoms with Gasteiger partial charge in [0.05, 0.1) is 12.1 Å². The lowest BCUT2D eigenvalue weighted by atomic mass is 9.95. The average molecular weight is 245 g/mol. The highest BCUT2D eigenvalue weighted by molar-refractivity contribution is 5.73. The second-order valence-electron chi connectivity index (χ2n) is 4.71. The van der Waals surface area contributed by atoms with E-state index in [1.807, 2.05) is 30.4 Å². The summed E-state index contributed by atoms with van der Waals surface area (Å²) in [7, 11) is 0. The van der Waals surface area contributed by atoms with E-state index in [1.165, 1.54) is 0 Å². The second kappa shape index (κ2) is 4.46. The van der Waals surface area contributed by atoms with Crippen LogP contribution in [0.2, 0.25) is 0 Å². The van der Waals surface area contributed by atoms with E-state index in [-0.39, 0.29) is 30.7 Å². The molecule has 3 atom stereocenters. The molecule has 18 heavy (non-hydrogen) atoms. The highest BCUT2D eigenvalue weighted by atomic mass is 16.6. The number of ether oxygens (including phenoxy) is 1. The minimum absolute atomic E-state index is 0.0174. The van der Waals surface area contributed by atoms with Crippen LogP contribution in [-0.2, 0) is 0 Å². The number of carbonyl (C=O) groups excluding carboxylic acids is 1. The molecule has 0 spiro atoms. The Balaban J connectivity index is 1.72. The molecule has 2 bridgehead atoms. The molecule has 0 saturated carbocycles. The largest absolute Gasteiger partial charge is 0.416 e. The summed E-state index contributed by atoms with van der Waals surface area (Å²) in [6, 6.07) is 9.10. The van der Waals surface area contributed by atoms with Gasteiger partial charge >= 0.3 is 6.09 Å². The Hall–Kier alpha value is -1.81. The van der Waals surface area contributed by atoms with Crippen LogP contribution in [0.1, 0.15) is 6.42 Å². The second-order valence-corrected chi connectivity index (χ2v) is 4.71. The first kappa shape index (κ1) is 11.3. The molecule has 4 nitrogen and oxygen atoms in total. The zero-order chi connectivity index (χ0) is 12.5. The molecule has 1 N–H and O–H groups in total. The number of hydrogen-bond acceptors (Lipinski definition) is 3. The normalized spacial score (nSPS) is 28.7. The molecular formula is C14H15NO3. The lowest BCUT2D eigenvalue weighted by molar-refractivity contribution is 0.141. The van der Waals surface area contributed by atoms with Crippen LogP contribution in [0, 0.1) is 5.92 Å². The summed E-state index contributed by atoms with van der Waals surface area (Å²) < 4.78 is 5.34. The first-order chi connectivity index (χ1) is 8.79.